The van der Waals surface area contributed by atoms with E-state index in [0.29, 0.717) is 0 Å². The smallest absolute Gasteiger partial charge is 0.0731 e. The zero-order chi connectivity index (χ0) is 23.2. The van der Waals surface area contributed by atoms with E-state index in [1.807, 2.05) is 6.21 Å². The first-order valence-electron chi connectivity index (χ1n) is 11.9. The summed E-state index contributed by atoms with van der Waals surface area (Å²) in [6.45, 7) is 10.7. The molecule has 0 saturated carbocycles. The topological polar surface area (TPSA) is 18.8 Å². The number of fused-ring (bicyclic) bond motifs is 1. The number of nitrogens with zero attached hydrogens (tertiary/aromatic N) is 3. The van der Waals surface area contributed by atoms with Gasteiger partial charge in [0.15, 0.2) is 0 Å². The van der Waals surface area contributed by atoms with Gasteiger partial charge in [0.1, 0.15) is 0 Å². The molecule has 0 N–H and O–H groups in total. The lowest BCUT2D eigenvalue weighted by atomic mass is 10.0. The van der Waals surface area contributed by atoms with Crippen LogP contribution in [0.5, 0.6) is 0 Å². The highest BCUT2D eigenvalue weighted by Crippen LogP contribution is 2.34. The second-order valence-corrected chi connectivity index (χ2v) is 8.30. The van der Waals surface area contributed by atoms with Crippen molar-refractivity contribution in [3.8, 4) is 0 Å². The largest absolute Gasteiger partial charge is 0.372 e. The van der Waals surface area contributed by atoms with E-state index in [1.54, 1.807) is 0 Å². The van der Waals surface area contributed by atoms with Crippen LogP contribution in [0.4, 0.5) is 17.1 Å². The van der Waals surface area contributed by atoms with Crippen LogP contribution in [0.2, 0.25) is 0 Å². The molecular formula is C30H33N3. The molecule has 0 unspecified atom stereocenters. The molecule has 0 heterocycles. The highest BCUT2D eigenvalue weighted by molar-refractivity contribution is 5.98. The summed E-state index contributed by atoms with van der Waals surface area (Å²) in [7, 11) is 0. The van der Waals surface area contributed by atoms with Gasteiger partial charge in [0.2, 0.25) is 0 Å². The van der Waals surface area contributed by atoms with Gasteiger partial charge in [-0.1, -0.05) is 67.1 Å². The third-order valence-electron chi connectivity index (χ3n) is 6.22. The summed E-state index contributed by atoms with van der Waals surface area (Å²) >= 11 is 0. The summed E-state index contributed by atoms with van der Waals surface area (Å²) in [5.74, 6) is 0. The number of aryl methyl sites for hydroxylation is 2. The lowest BCUT2D eigenvalue weighted by molar-refractivity contribution is 0.866. The van der Waals surface area contributed by atoms with Crippen LogP contribution in [0, 0.1) is 6.92 Å². The second-order valence-electron chi connectivity index (χ2n) is 8.30. The molecule has 3 nitrogen and oxygen atoms in total. The number of hydrogen-bond acceptors (Lipinski definition) is 3. The fourth-order valence-electron chi connectivity index (χ4n) is 4.28. The molecule has 0 aliphatic carbocycles. The Labute approximate surface area is 198 Å². The van der Waals surface area contributed by atoms with E-state index in [1.165, 1.54) is 27.6 Å². The van der Waals surface area contributed by atoms with Gasteiger partial charge in [0.25, 0.3) is 0 Å². The monoisotopic (exact) mass is 435 g/mol. The second kappa shape index (κ2) is 10.4. The molecule has 33 heavy (non-hydrogen) atoms. The average Bonchev–Trinajstić information content (AvgIpc) is 2.86. The van der Waals surface area contributed by atoms with Crippen molar-refractivity contribution in [2.75, 3.05) is 23.0 Å². The fourth-order valence-corrected chi connectivity index (χ4v) is 4.28. The van der Waals surface area contributed by atoms with Crippen molar-refractivity contribution in [1.82, 2.24) is 0 Å². The maximum atomic E-state index is 4.98. The predicted molar refractivity (Wildman–Crippen MR) is 144 cm³/mol. The summed E-state index contributed by atoms with van der Waals surface area (Å²) in [5.41, 5.74) is 7.05. The molecule has 0 bridgehead atoms. The van der Waals surface area contributed by atoms with Gasteiger partial charge in [-0.05, 0) is 74.0 Å². The summed E-state index contributed by atoms with van der Waals surface area (Å²) in [6.07, 6.45) is 2.96. The summed E-state index contributed by atoms with van der Waals surface area (Å²) in [6, 6.07) is 30.2. The van der Waals surface area contributed by atoms with Crippen LogP contribution in [0.1, 0.15) is 37.5 Å². The first-order chi connectivity index (χ1) is 16.1. The van der Waals surface area contributed by atoms with Gasteiger partial charge in [-0.3, -0.25) is 0 Å². The lowest BCUT2D eigenvalue weighted by Gasteiger charge is -2.22. The number of hydrazone groups is 1. The zero-order valence-electron chi connectivity index (χ0n) is 20.1. The molecule has 4 rings (SSSR count). The Morgan fingerprint density at radius 1 is 0.697 bits per heavy atom. The van der Waals surface area contributed by atoms with Crippen LogP contribution in [-0.4, -0.2) is 19.3 Å². The predicted octanol–water partition coefficient (Wildman–Crippen LogP) is 7.73. The minimum Gasteiger partial charge on any atom is -0.372 e. The molecule has 4 aromatic rings. The molecule has 4 aromatic carbocycles. The molecule has 0 aliphatic rings. The Morgan fingerprint density at radius 2 is 1.33 bits per heavy atom. The van der Waals surface area contributed by atoms with Crippen molar-refractivity contribution in [1.29, 1.82) is 0 Å². The van der Waals surface area contributed by atoms with Crippen molar-refractivity contribution >= 4 is 34.0 Å². The lowest BCUT2D eigenvalue weighted by Crippen LogP contribution is -2.21. The van der Waals surface area contributed by atoms with Crippen molar-refractivity contribution in [3.05, 3.63) is 102 Å². The molecule has 0 amide bonds. The van der Waals surface area contributed by atoms with E-state index < -0.39 is 0 Å². The van der Waals surface area contributed by atoms with Crippen LogP contribution >= 0.6 is 0 Å². The molecule has 0 saturated heterocycles. The van der Waals surface area contributed by atoms with Crippen molar-refractivity contribution in [3.63, 3.8) is 0 Å². The van der Waals surface area contributed by atoms with Gasteiger partial charge in [0, 0.05) is 24.2 Å². The highest BCUT2D eigenvalue weighted by Gasteiger charge is 2.13. The molecule has 0 fully saturated rings. The summed E-state index contributed by atoms with van der Waals surface area (Å²) < 4.78 is 0. The van der Waals surface area contributed by atoms with Crippen molar-refractivity contribution in [2.45, 2.75) is 34.1 Å². The van der Waals surface area contributed by atoms with Gasteiger partial charge in [-0.15, -0.1) is 0 Å². The number of benzene rings is 4. The maximum Gasteiger partial charge on any atom is 0.0731 e. The molecule has 0 spiro atoms. The molecule has 0 aliphatic heterocycles. The van der Waals surface area contributed by atoms with E-state index in [9.17, 15) is 0 Å². The van der Waals surface area contributed by atoms with Gasteiger partial charge in [0.05, 0.1) is 17.6 Å². The Balaban J connectivity index is 1.76. The quantitative estimate of drug-likeness (QED) is 0.208. The molecule has 0 radical (unpaired) electrons. The van der Waals surface area contributed by atoms with Gasteiger partial charge in [-0.2, -0.15) is 5.10 Å². The van der Waals surface area contributed by atoms with Crippen molar-refractivity contribution in [2.24, 2.45) is 5.10 Å². The third kappa shape index (κ3) is 4.93. The highest BCUT2D eigenvalue weighted by atomic mass is 15.5. The Kier molecular flexibility index (Phi) is 7.09. The minimum absolute atomic E-state index is 1.01. The summed E-state index contributed by atoms with van der Waals surface area (Å²) in [5, 5.41) is 9.53. The van der Waals surface area contributed by atoms with E-state index in [-0.39, 0.29) is 0 Å². The minimum atomic E-state index is 1.01. The van der Waals surface area contributed by atoms with Crippen LogP contribution in [-0.2, 0) is 6.42 Å². The number of rotatable bonds is 8. The molecule has 0 aromatic heterocycles. The van der Waals surface area contributed by atoms with Crippen LogP contribution in [0.15, 0.2) is 90.0 Å². The van der Waals surface area contributed by atoms with E-state index >= 15 is 0 Å². The average molecular weight is 436 g/mol. The van der Waals surface area contributed by atoms with Crippen LogP contribution in [0.3, 0.4) is 0 Å². The van der Waals surface area contributed by atoms with Crippen molar-refractivity contribution < 1.29 is 0 Å². The first-order valence-corrected chi connectivity index (χ1v) is 11.9. The Morgan fingerprint density at radius 3 is 1.97 bits per heavy atom. The SMILES string of the molecule is CCc1ccc(N(/N=C\c2ccc(N(CC)CC)cc2)c2ccc(C)cc2)c2ccccc12. The van der Waals surface area contributed by atoms with Gasteiger partial charge in [-0.25, -0.2) is 5.01 Å². The maximum absolute atomic E-state index is 4.98. The van der Waals surface area contributed by atoms with Gasteiger partial charge < -0.3 is 4.90 Å². The normalized spacial score (nSPS) is 11.3. The Hall–Kier alpha value is -3.59. The fraction of sp³-hybridized carbons (Fsp3) is 0.233. The zero-order valence-corrected chi connectivity index (χ0v) is 20.1. The first kappa shape index (κ1) is 22.6. The molecule has 168 valence electrons. The molecular weight excluding hydrogens is 402 g/mol. The van der Waals surface area contributed by atoms with E-state index in [0.717, 1.165) is 36.4 Å². The number of hydrogen-bond donors (Lipinski definition) is 0. The van der Waals surface area contributed by atoms with Gasteiger partial charge >= 0.3 is 0 Å². The van der Waals surface area contributed by atoms with Crippen LogP contribution < -0.4 is 9.91 Å². The third-order valence-corrected chi connectivity index (χ3v) is 6.22. The van der Waals surface area contributed by atoms with E-state index in [4.69, 9.17) is 5.10 Å². The Bertz CT molecular complexity index is 1220. The van der Waals surface area contributed by atoms with Crippen LogP contribution in [0.25, 0.3) is 10.8 Å². The summed E-state index contributed by atoms with van der Waals surface area (Å²) in [4.78, 5) is 2.35. The molecule has 0 atom stereocenters. The molecule has 3 heteroatoms. The number of anilines is 3. The van der Waals surface area contributed by atoms with E-state index in [2.05, 4.69) is 123 Å². The standard InChI is InChI=1S/C30H33N3/c1-5-25-16-21-30(29-11-9-8-10-28(25)29)33(27-17-12-23(4)13-18-27)31-22-24-14-19-26(20-15-24)32(6-2)7-3/h8-22H,5-7H2,1-4H3/b31-22-.